The molecule has 0 aliphatic heterocycles. The van der Waals surface area contributed by atoms with Gasteiger partial charge in [0, 0.05) is 19.3 Å². The van der Waals surface area contributed by atoms with Crippen molar-refractivity contribution in [3.63, 3.8) is 0 Å². The van der Waals surface area contributed by atoms with Gasteiger partial charge in [0.2, 0.25) is 0 Å². The van der Waals surface area contributed by atoms with Gasteiger partial charge in [-0.25, -0.2) is 0 Å². The Morgan fingerprint density at radius 2 is 0.487 bits per heavy atom. The minimum Gasteiger partial charge on any atom is -0.462 e. The predicted octanol–water partition coefficient (Wildman–Crippen LogP) is 24.3. The Bertz CT molecular complexity index is 1430. The van der Waals surface area contributed by atoms with Gasteiger partial charge in [-0.05, 0) is 64.2 Å². The number of ether oxygens (including phenoxy) is 3. The van der Waals surface area contributed by atoms with E-state index in [1.165, 1.54) is 244 Å². The first-order chi connectivity index (χ1) is 39.5. The number of esters is 3. The zero-order valence-electron chi connectivity index (χ0n) is 53.6. The molecule has 0 aromatic rings. The van der Waals surface area contributed by atoms with Gasteiger partial charge in [0.25, 0.3) is 0 Å². The van der Waals surface area contributed by atoms with Gasteiger partial charge in [0.15, 0.2) is 6.10 Å². The highest BCUT2D eigenvalue weighted by Crippen LogP contribution is 2.18. The molecule has 0 amide bonds. The Morgan fingerprint density at radius 1 is 0.263 bits per heavy atom. The lowest BCUT2D eigenvalue weighted by atomic mass is 10.0. The molecule has 1 unspecified atom stereocenters. The largest absolute Gasteiger partial charge is 0.462 e. The zero-order chi connectivity index (χ0) is 57.8. The van der Waals surface area contributed by atoms with Crippen molar-refractivity contribution in [1.29, 1.82) is 0 Å². The predicted molar refractivity (Wildman–Crippen MR) is 348 cm³/mol. The fourth-order valence-electron chi connectivity index (χ4n) is 10.5. The fourth-order valence-corrected chi connectivity index (χ4v) is 10.5. The SMILES string of the molecule is CC/C=C\C/C=C\C/C=C\C/C=C\C/C=C\CCCCCCCCCCCCCCCCCC(=O)OCC(COC(=O)CCCCCCCCCCCCCCCC)OC(=O)CCCCCCCCCCCCCCCCCCC. The van der Waals surface area contributed by atoms with Gasteiger partial charge in [-0.3, -0.25) is 14.4 Å². The minimum absolute atomic E-state index is 0.0665. The van der Waals surface area contributed by atoms with Crippen LogP contribution in [0.1, 0.15) is 374 Å². The monoisotopic (exact) mass is 1120 g/mol. The second kappa shape index (κ2) is 68.6. The van der Waals surface area contributed by atoms with Crippen molar-refractivity contribution in [2.45, 2.75) is 380 Å². The topological polar surface area (TPSA) is 78.9 Å². The molecule has 80 heavy (non-hydrogen) atoms. The summed E-state index contributed by atoms with van der Waals surface area (Å²) >= 11 is 0. The lowest BCUT2D eigenvalue weighted by Gasteiger charge is -2.18. The number of hydrogen-bond acceptors (Lipinski definition) is 6. The highest BCUT2D eigenvalue weighted by atomic mass is 16.6. The average molecular weight is 1120 g/mol. The number of unbranched alkanes of at least 4 members (excludes halogenated alkanes) is 44. The smallest absolute Gasteiger partial charge is 0.306 e. The molecule has 0 saturated heterocycles. The van der Waals surface area contributed by atoms with Crippen LogP contribution in [-0.4, -0.2) is 37.2 Å². The van der Waals surface area contributed by atoms with Crippen LogP contribution in [0.25, 0.3) is 0 Å². The molecule has 0 heterocycles. The molecule has 466 valence electrons. The van der Waals surface area contributed by atoms with E-state index in [4.69, 9.17) is 14.2 Å². The van der Waals surface area contributed by atoms with E-state index >= 15 is 0 Å². The van der Waals surface area contributed by atoms with Crippen molar-refractivity contribution in [3.05, 3.63) is 60.8 Å². The standard InChI is InChI=1S/C74H134O6/c1-4-7-10-13-16-19-22-25-28-30-31-32-33-34-35-36-37-38-39-40-41-42-43-45-46-49-52-55-58-61-64-67-73(76)79-70-71(69-78-72(75)66-63-60-57-54-51-48-27-24-21-18-15-12-9-6-3)80-74(77)68-65-62-59-56-53-50-47-44-29-26-23-20-17-14-11-8-5-2/h7,10,16,19,25,28,31-32,34-35,71H,4-6,8-9,11-15,17-18,20-24,26-27,29-30,33,36-70H2,1-3H3/b10-7-,19-16-,28-25-,32-31-,35-34-. The summed E-state index contributed by atoms with van der Waals surface area (Å²) < 4.78 is 17.0. The maximum Gasteiger partial charge on any atom is 0.306 e. The summed E-state index contributed by atoms with van der Waals surface area (Å²) in [6.45, 7) is 6.59. The van der Waals surface area contributed by atoms with Gasteiger partial charge in [0.05, 0.1) is 0 Å². The quantitative estimate of drug-likeness (QED) is 0.0261. The van der Waals surface area contributed by atoms with E-state index in [1.807, 2.05) is 0 Å². The molecule has 0 N–H and O–H groups in total. The molecule has 0 bridgehead atoms. The molecule has 0 spiro atoms. The van der Waals surface area contributed by atoms with Gasteiger partial charge in [-0.2, -0.15) is 0 Å². The second-order valence-electron chi connectivity index (χ2n) is 23.8. The molecule has 1 atom stereocenters. The molecule has 0 aromatic heterocycles. The highest BCUT2D eigenvalue weighted by Gasteiger charge is 2.19. The number of carbonyl (C=O) groups excluding carboxylic acids is 3. The normalized spacial score (nSPS) is 12.4. The lowest BCUT2D eigenvalue weighted by Crippen LogP contribution is -2.30. The summed E-state index contributed by atoms with van der Waals surface area (Å²) in [6.07, 6.45) is 88.2. The molecule has 0 saturated carbocycles. The van der Waals surface area contributed by atoms with E-state index in [-0.39, 0.29) is 31.1 Å². The van der Waals surface area contributed by atoms with Crippen molar-refractivity contribution in [3.8, 4) is 0 Å². The van der Waals surface area contributed by atoms with Gasteiger partial charge in [-0.1, -0.05) is 351 Å². The van der Waals surface area contributed by atoms with E-state index in [0.717, 1.165) is 89.9 Å². The first-order valence-electron chi connectivity index (χ1n) is 35.3. The number of hydrogen-bond donors (Lipinski definition) is 0. The van der Waals surface area contributed by atoms with E-state index in [2.05, 4.69) is 81.5 Å². The van der Waals surface area contributed by atoms with Crippen LogP contribution in [0.2, 0.25) is 0 Å². The van der Waals surface area contributed by atoms with Crippen molar-refractivity contribution in [2.75, 3.05) is 13.2 Å². The van der Waals surface area contributed by atoms with Crippen molar-refractivity contribution < 1.29 is 28.6 Å². The number of rotatable bonds is 65. The van der Waals surface area contributed by atoms with E-state index in [9.17, 15) is 14.4 Å². The summed E-state index contributed by atoms with van der Waals surface area (Å²) in [6, 6.07) is 0. The zero-order valence-corrected chi connectivity index (χ0v) is 53.6. The van der Waals surface area contributed by atoms with Crippen LogP contribution in [-0.2, 0) is 28.6 Å². The fraction of sp³-hybridized carbons (Fsp3) is 0.824. The van der Waals surface area contributed by atoms with Gasteiger partial charge in [0.1, 0.15) is 13.2 Å². The van der Waals surface area contributed by atoms with E-state index in [0.29, 0.717) is 19.3 Å². The molecule has 6 nitrogen and oxygen atoms in total. The van der Waals surface area contributed by atoms with Crippen LogP contribution in [0, 0.1) is 0 Å². The van der Waals surface area contributed by atoms with Gasteiger partial charge in [-0.15, -0.1) is 0 Å². The summed E-state index contributed by atoms with van der Waals surface area (Å²) in [5, 5.41) is 0. The molecule has 0 aromatic carbocycles. The van der Waals surface area contributed by atoms with Crippen LogP contribution < -0.4 is 0 Å². The highest BCUT2D eigenvalue weighted by molar-refractivity contribution is 5.71. The van der Waals surface area contributed by atoms with Crippen molar-refractivity contribution >= 4 is 17.9 Å². The maximum atomic E-state index is 12.9. The lowest BCUT2D eigenvalue weighted by molar-refractivity contribution is -0.167. The number of carbonyl (C=O) groups is 3. The van der Waals surface area contributed by atoms with Crippen LogP contribution >= 0.6 is 0 Å². The summed E-state index contributed by atoms with van der Waals surface area (Å²) in [5.41, 5.74) is 0. The van der Waals surface area contributed by atoms with Crippen LogP contribution in [0.3, 0.4) is 0 Å². The van der Waals surface area contributed by atoms with E-state index in [1.54, 1.807) is 0 Å². The van der Waals surface area contributed by atoms with Crippen LogP contribution in [0.15, 0.2) is 60.8 Å². The molecule has 0 rings (SSSR count). The third kappa shape index (κ3) is 65.9. The van der Waals surface area contributed by atoms with E-state index < -0.39 is 6.10 Å². The Kier molecular flexibility index (Phi) is 66.1. The summed E-state index contributed by atoms with van der Waals surface area (Å²) in [4.78, 5) is 38.4. The third-order valence-electron chi connectivity index (χ3n) is 15.8. The molecular formula is C74H134O6. The Balaban J connectivity index is 4.19. The average Bonchev–Trinajstić information content (AvgIpc) is 3.46. The minimum atomic E-state index is -0.770. The molecule has 0 aliphatic carbocycles. The van der Waals surface area contributed by atoms with Crippen molar-refractivity contribution in [1.82, 2.24) is 0 Å². The molecule has 0 aliphatic rings. The van der Waals surface area contributed by atoms with Crippen molar-refractivity contribution in [2.24, 2.45) is 0 Å². The summed E-state index contributed by atoms with van der Waals surface area (Å²) in [5.74, 6) is -0.839. The molecule has 0 fully saturated rings. The van der Waals surface area contributed by atoms with Gasteiger partial charge >= 0.3 is 17.9 Å². The summed E-state index contributed by atoms with van der Waals surface area (Å²) in [7, 11) is 0. The Hall–Kier alpha value is -2.89. The van der Waals surface area contributed by atoms with Crippen LogP contribution in [0.5, 0.6) is 0 Å². The number of allylic oxidation sites excluding steroid dienone is 10. The van der Waals surface area contributed by atoms with Gasteiger partial charge < -0.3 is 14.2 Å². The Morgan fingerprint density at radius 3 is 0.762 bits per heavy atom. The molecular weight excluding hydrogens is 985 g/mol. The van der Waals surface area contributed by atoms with Crippen LogP contribution in [0.4, 0.5) is 0 Å². The Labute approximate surface area is 498 Å². The first-order valence-corrected chi connectivity index (χ1v) is 35.3. The molecule has 0 radical (unpaired) electrons. The molecule has 6 heteroatoms. The first kappa shape index (κ1) is 77.1. The second-order valence-corrected chi connectivity index (χ2v) is 23.8. The third-order valence-corrected chi connectivity index (χ3v) is 15.8. The maximum absolute atomic E-state index is 12.9.